The number of nitrogens with one attached hydrogen (secondary N) is 1. The van der Waals surface area contributed by atoms with Crippen molar-refractivity contribution >= 4 is 11.8 Å². The van der Waals surface area contributed by atoms with Crippen molar-refractivity contribution in [1.29, 1.82) is 0 Å². The molecule has 1 unspecified atom stereocenters. The van der Waals surface area contributed by atoms with Crippen LogP contribution in [-0.4, -0.2) is 17.0 Å². The molecule has 0 radical (unpaired) electrons. The largest absolute Gasteiger partial charge is 0.311 e. The lowest BCUT2D eigenvalue weighted by atomic mass is 9.87. The third kappa shape index (κ3) is 4.25. The second-order valence-electron chi connectivity index (χ2n) is 6.95. The van der Waals surface area contributed by atoms with Gasteiger partial charge in [-0.1, -0.05) is 45.0 Å². The van der Waals surface area contributed by atoms with E-state index in [9.17, 15) is 0 Å². The van der Waals surface area contributed by atoms with Crippen LogP contribution in [0.5, 0.6) is 0 Å². The van der Waals surface area contributed by atoms with Gasteiger partial charge in [0, 0.05) is 17.8 Å². The van der Waals surface area contributed by atoms with Gasteiger partial charge in [0.1, 0.15) is 0 Å². The van der Waals surface area contributed by atoms with E-state index >= 15 is 0 Å². The summed E-state index contributed by atoms with van der Waals surface area (Å²) in [7, 11) is 0. The Balaban J connectivity index is 1.83. The molecule has 1 nitrogen and oxygen atoms in total. The Labute approximate surface area is 122 Å². The zero-order valence-electron chi connectivity index (χ0n) is 12.8. The molecule has 19 heavy (non-hydrogen) atoms. The summed E-state index contributed by atoms with van der Waals surface area (Å²) < 4.78 is 0.464. The van der Waals surface area contributed by atoms with Crippen molar-refractivity contribution in [3.8, 4) is 0 Å². The predicted octanol–water partition coefficient (Wildman–Crippen LogP) is 4.36. The third-order valence-electron chi connectivity index (χ3n) is 3.95. The maximum Gasteiger partial charge on any atom is 0.0256 e. The van der Waals surface area contributed by atoms with E-state index in [0.29, 0.717) is 4.75 Å². The van der Waals surface area contributed by atoms with Crippen LogP contribution in [0, 0.1) is 0 Å². The van der Waals surface area contributed by atoms with Gasteiger partial charge in [-0.15, -0.1) is 0 Å². The molecule has 1 aliphatic heterocycles. The Hall–Kier alpha value is -0.470. The summed E-state index contributed by atoms with van der Waals surface area (Å²) in [6.07, 6.45) is 2.73. The average molecular weight is 277 g/mol. The molecule has 0 amide bonds. The maximum absolute atomic E-state index is 3.62. The van der Waals surface area contributed by atoms with Crippen molar-refractivity contribution in [2.45, 2.75) is 57.2 Å². The van der Waals surface area contributed by atoms with Gasteiger partial charge in [-0.3, -0.25) is 0 Å². The standard InChI is InChI=1S/C17H27NS/c1-16(2,3)15-8-6-14(7-9-15)12-18-13-17(4)10-5-11-19-17/h6-9,18H,5,10-13H2,1-4H3. The minimum Gasteiger partial charge on any atom is -0.311 e. The first-order chi connectivity index (χ1) is 8.89. The van der Waals surface area contributed by atoms with Gasteiger partial charge in [0.05, 0.1) is 0 Å². The molecule has 0 aromatic heterocycles. The number of thioether (sulfide) groups is 1. The van der Waals surface area contributed by atoms with Gasteiger partial charge in [-0.05, 0) is 42.1 Å². The van der Waals surface area contributed by atoms with Crippen LogP contribution in [0.3, 0.4) is 0 Å². The maximum atomic E-state index is 3.62. The molecule has 0 bridgehead atoms. The Bertz CT molecular complexity index is 396. The summed E-state index contributed by atoms with van der Waals surface area (Å²) in [5.41, 5.74) is 3.05. The SMILES string of the molecule is CC1(CNCc2ccc(C(C)(C)C)cc2)CCCS1. The first-order valence-corrected chi connectivity index (χ1v) is 8.32. The van der Waals surface area contributed by atoms with Crippen LogP contribution in [-0.2, 0) is 12.0 Å². The highest BCUT2D eigenvalue weighted by atomic mass is 32.2. The summed E-state index contributed by atoms with van der Waals surface area (Å²) in [4.78, 5) is 0. The smallest absolute Gasteiger partial charge is 0.0256 e. The van der Waals surface area contributed by atoms with Gasteiger partial charge in [0.15, 0.2) is 0 Å². The molecule has 0 aliphatic carbocycles. The molecular formula is C17H27NS. The minimum atomic E-state index is 0.250. The highest BCUT2D eigenvalue weighted by Gasteiger charge is 2.28. The Morgan fingerprint density at radius 3 is 2.42 bits per heavy atom. The Morgan fingerprint density at radius 2 is 1.89 bits per heavy atom. The normalized spacial score (nSPS) is 23.8. The Kier molecular flexibility index (Phi) is 4.62. The summed E-state index contributed by atoms with van der Waals surface area (Å²) in [5, 5.41) is 3.62. The number of hydrogen-bond donors (Lipinski definition) is 1. The van der Waals surface area contributed by atoms with Crippen LogP contribution in [0.15, 0.2) is 24.3 Å². The number of rotatable bonds is 4. The van der Waals surface area contributed by atoms with E-state index in [1.54, 1.807) is 0 Å². The van der Waals surface area contributed by atoms with Crippen LogP contribution in [0.4, 0.5) is 0 Å². The minimum absolute atomic E-state index is 0.250. The van der Waals surface area contributed by atoms with Crippen LogP contribution in [0.1, 0.15) is 51.7 Å². The highest BCUT2D eigenvalue weighted by molar-refractivity contribution is 8.00. The van der Waals surface area contributed by atoms with Crippen molar-refractivity contribution in [2.75, 3.05) is 12.3 Å². The second kappa shape index (κ2) is 5.88. The zero-order valence-corrected chi connectivity index (χ0v) is 13.6. The molecule has 1 aromatic carbocycles. The van der Waals surface area contributed by atoms with Crippen LogP contribution in [0.25, 0.3) is 0 Å². The zero-order chi connectivity index (χ0) is 13.9. The number of benzene rings is 1. The van der Waals surface area contributed by atoms with Gasteiger partial charge in [-0.2, -0.15) is 11.8 Å². The van der Waals surface area contributed by atoms with Crippen LogP contribution < -0.4 is 5.32 Å². The molecule has 106 valence electrons. The van der Waals surface area contributed by atoms with Crippen LogP contribution in [0.2, 0.25) is 0 Å². The van der Waals surface area contributed by atoms with E-state index in [2.05, 4.69) is 69.0 Å². The molecule has 2 rings (SSSR count). The van der Waals surface area contributed by atoms with Gasteiger partial charge < -0.3 is 5.32 Å². The van der Waals surface area contributed by atoms with E-state index < -0.39 is 0 Å². The summed E-state index contributed by atoms with van der Waals surface area (Å²) in [5.74, 6) is 1.33. The molecule has 2 heteroatoms. The lowest BCUT2D eigenvalue weighted by Gasteiger charge is -2.23. The molecule has 1 saturated heterocycles. The van der Waals surface area contributed by atoms with E-state index in [1.165, 1.54) is 29.7 Å². The van der Waals surface area contributed by atoms with Gasteiger partial charge in [0.25, 0.3) is 0 Å². The summed E-state index contributed by atoms with van der Waals surface area (Å²) in [6, 6.07) is 9.06. The van der Waals surface area contributed by atoms with Crippen molar-refractivity contribution < 1.29 is 0 Å². The molecule has 0 spiro atoms. The first kappa shape index (κ1) is 14.9. The van der Waals surface area contributed by atoms with Gasteiger partial charge in [0.2, 0.25) is 0 Å². The van der Waals surface area contributed by atoms with Crippen molar-refractivity contribution in [3.05, 3.63) is 35.4 Å². The predicted molar refractivity (Wildman–Crippen MR) is 86.9 cm³/mol. The highest BCUT2D eigenvalue weighted by Crippen LogP contribution is 2.37. The van der Waals surface area contributed by atoms with Gasteiger partial charge in [-0.25, -0.2) is 0 Å². The Morgan fingerprint density at radius 1 is 1.21 bits per heavy atom. The second-order valence-corrected chi connectivity index (χ2v) is 8.63. The topological polar surface area (TPSA) is 12.0 Å². The summed E-state index contributed by atoms with van der Waals surface area (Å²) in [6.45, 7) is 11.3. The van der Waals surface area contributed by atoms with E-state index in [0.717, 1.165) is 13.1 Å². The molecule has 1 atom stereocenters. The van der Waals surface area contributed by atoms with E-state index in [-0.39, 0.29) is 5.41 Å². The average Bonchev–Trinajstić information content (AvgIpc) is 2.76. The van der Waals surface area contributed by atoms with E-state index in [4.69, 9.17) is 0 Å². The molecule has 1 fully saturated rings. The monoisotopic (exact) mass is 277 g/mol. The van der Waals surface area contributed by atoms with Crippen LogP contribution >= 0.6 is 11.8 Å². The lowest BCUT2D eigenvalue weighted by Crippen LogP contribution is -2.32. The molecule has 1 aliphatic rings. The fourth-order valence-corrected chi connectivity index (χ4v) is 3.84. The number of hydrogen-bond acceptors (Lipinski definition) is 2. The molecule has 1 aromatic rings. The third-order valence-corrected chi connectivity index (χ3v) is 5.49. The first-order valence-electron chi connectivity index (χ1n) is 7.33. The molecular weight excluding hydrogens is 250 g/mol. The summed E-state index contributed by atoms with van der Waals surface area (Å²) >= 11 is 2.12. The fraction of sp³-hybridized carbons (Fsp3) is 0.647. The van der Waals surface area contributed by atoms with Gasteiger partial charge >= 0.3 is 0 Å². The molecule has 1 heterocycles. The molecule has 0 saturated carbocycles. The fourth-order valence-electron chi connectivity index (χ4n) is 2.57. The lowest BCUT2D eigenvalue weighted by molar-refractivity contribution is 0.536. The van der Waals surface area contributed by atoms with E-state index in [1.807, 2.05) is 0 Å². The quantitative estimate of drug-likeness (QED) is 0.877. The van der Waals surface area contributed by atoms with Crippen molar-refractivity contribution in [2.24, 2.45) is 0 Å². The molecule has 1 N–H and O–H groups in total. The van der Waals surface area contributed by atoms with Crippen molar-refractivity contribution in [3.63, 3.8) is 0 Å². The van der Waals surface area contributed by atoms with Crippen molar-refractivity contribution in [1.82, 2.24) is 5.32 Å².